The molecule has 0 spiro atoms. The van der Waals surface area contributed by atoms with E-state index >= 15 is 0 Å². The molecule has 3 atom stereocenters. The highest BCUT2D eigenvalue weighted by Gasteiger charge is 2.55. The summed E-state index contributed by atoms with van der Waals surface area (Å²) in [6.07, 6.45) is 4.77. The van der Waals surface area contributed by atoms with Gasteiger partial charge in [-0.1, -0.05) is 19.8 Å². The molecule has 1 amide bonds. The number of rotatable bonds is 2. The molecule has 2 rings (SSSR count). The monoisotopic (exact) mass is 240 g/mol. The zero-order valence-electron chi connectivity index (χ0n) is 10.2. The van der Waals surface area contributed by atoms with Crippen LogP contribution in [-0.2, 0) is 9.59 Å². The molecule has 5 nitrogen and oxygen atoms in total. The zero-order chi connectivity index (χ0) is 12.6. The van der Waals surface area contributed by atoms with E-state index in [0.29, 0.717) is 12.8 Å². The van der Waals surface area contributed by atoms with Crippen LogP contribution >= 0.6 is 0 Å². The van der Waals surface area contributed by atoms with Gasteiger partial charge in [0.05, 0.1) is 0 Å². The molecular formula is C12H20N2O3. The fraction of sp³-hybridized carbons (Fsp3) is 0.833. The number of likely N-dealkylation sites (tertiary alicyclic amines) is 1. The molecule has 96 valence electrons. The second kappa shape index (κ2) is 4.29. The van der Waals surface area contributed by atoms with Crippen molar-refractivity contribution in [2.45, 2.75) is 57.2 Å². The number of carboxylic acids is 1. The van der Waals surface area contributed by atoms with Crippen LogP contribution in [0.5, 0.6) is 0 Å². The molecule has 0 bridgehead atoms. The molecular weight excluding hydrogens is 220 g/mol. The average molecular weight is 240 g/mol. The lowest BCUT2D eigenvalue weighted by atomic mass is 9.84. The number of hydrogen-bond acceptors (Lipinski definition) is 3. The quantitative estimate of drug-likeness (QED) is 0.752. The summed E-state index contributed by atoms with van der Waals surface area (Å²) in [4.78, 5) is 24.8. The van der Waals surface area contributed by atoms with Crippen molar-refractivity contribution < 1.29 is 14.7 Å². The highest BCUT2D eigenvalue weighted by molar-refractivity contribution is 5.87. The highest BCUT2D eigenvalue weighted by atomic mass is 16.4. The molecule has 0 radical (unpaired) electrons. The summed E-state index contributed by atoms with van der Waals surface area (Å²) in [7, 11) is 0. The van der Waals surface area contributed by atoms with Gasteiger partial charge in [-0.3, -0.25) is 10.5 Å². The summed E-state index contributed by atoms with van der Waals surface area (Å²) in [6, 6.07) is 0.0392. The summed E-state index contributed by atoms with van der Waals surface area (Å²) < 4.78 is 0. The Morgan fingerprint density at radius 2 is 2.06 bits per heavy atom. The number of hydrogen-bond donors (Lipinski definition) is 2. The van der Waals surface area contributed by atoms with Gasteiger partial charge in [0.2, 0.25) is 5.91 Å². The van der Waals surface area contributed by atoms with E-state index in [0.717, 1.165) is 25.7 Å². The Morgan fingerprint density at radius 3 is 2.65 bits per heavy atom. The lowest BCUT2D eigenvalue weighted by Gasteiger charge is -2.36. The first-order valence-electron chi connectivity index (χ1n) is 6.35. The summed E-state index contributed by atoms with van der Waals surface area (Å²) in [5.74, 6) is -0.946. The first-order valence-corrected chi connectivity index (χ1v) is 6.35. The lowest BCUT2D eigenvalue weighted by molar-refractivity contribution is -0.158. The molecule has 1 saturated heterocycles. The van der Waals surface area contributed by atoms with E-state index in [4.69, 9.17) is 5.73 Å². The van der Waals surface area contributed by atoms with Gasteiger partial charge in [-0.25, -0.2) is 4.79 Å². The van der Waals surface area contributed by atoms with E-state index in [1.54, 1.807) is 6.92 Å². The van der Waals surface area contributed by atoms with Crippen molar-refractivity contribution in [3.63, 3.8) is 0 Å². The smallest absolute Gasteiger partial charge is 0.344 e. The Balaban J connectivity index is 2.33. The van der Waals surface area contributed by atoms with Crippen molar-refractivity contribution in [3.8, 4) is 0 Å². The molecule has 0 aromatic heterocycles. The van der Waals surface area contributed by atoms with Crippen LogP contribution in [0, 0.1) is 5.92 Å². The molecule has 1 aliphatic heterocycles. The normalized spacial score (nSPS) is 36.7. The van der Waals surface area contributed by atoms with Crippen molar-refractivity contribution >= 4 is 11.9 Å². The van der Waals surface area contributed by atoms with Gasteiger partial charge in [-0.05, 0) is 25.2 Å². The van der Waals surface area contributed by atoms with Crippen LogP contribution in [0.15, 0.2) is 0 Å². The van der Waals surface area contributed by atoms with Crippen LogP contribution < -0.4 is 5.73 Å². The minimum atomic E-state index is -1.48. The van der Waals surface area contributed by atoms with Gasteiger partial charge in [0.1, 0.15) is 0 Å². The van der Waals surface area contributed by atoms with Gasteiger partial charge in [-0.2, -0.15) is 0 Å². The SMILES string of the molecule is CCC(=O)N1C2CCCCC2CC1(N)C(=O)O. The van der Waals surface area contributed by atoms with Crippen molar-refractivity contribution in [1.29, 1.82) is 0 Å². The van der Waals surface area contributed by atoms with Crippen LogP contribution in [0.1, 0.15) is 45.4 Å². The second-order valence-electron chi connectivity index (χ2n) is 5.16. The fourth-order valence-electron chi connectivity index (χ4n) is 3.33. The van der Waals surface area contributed by atoms with E-state index in [1.807, 2.05) is 0 Å². The van der Waals surface area contributed by atoms with Crippen LogP contribution in [0.2, 0.25) is 0 Å². The van der Waals surface area contributed by atoms with Gasteiger partial charge in [0, 0.05) is 12.5 Å². The van der Waals surface area contributed by atoms with E-state index in [9.17, 15) is 14.7 Å². The van der Waals surface area contributed by atoms with Gasteiger partial charge in [0.25, 0.3) is 0 Å². The van der Waals surface area contributed by atoms with Gasteiger partial charge in [-0.15, -0.1) is 0 Å². The third-order valence-corrected chi connectivity index (χ3v) is 4.15. The Morgan fingerprint density at radius 1 is 1.41 bits per heavy atom. The molecule has 3 N–H and O–H groups in total. The minimum Gasteiger partial charge on any atom is -0.478 e. The van der Waals surface area contributed by atoms with Crippen LogP contribution in [0.3, 0.4) is 0 Å². The molecule has 17 heavy (non-hydrogen) atoms. The Kier molecular flexibility index (Phi) is 3.12. The minimum absolute atomic E-state index is 0.0392. The fourth-order valence-corrected chi connectivity index (χ4v) is 3.33. The maximum Gasteiger partial charge on any atom is 0.344 e. The summed E-state index contributed by atoms with van der Waals surface area (Å²) in [6.45, 7) is 1.75. The number of carboxylic acid groups (broad SMARTS) is 1. The van der Waals surface area contributed by atoms with Crippen molar-refractivity contribution in [2.75, 3.05) is 0 Å². The third kappa shape index (κ3) is 1.82. The molecule has 1 aliphatic carbocycles. The topological polar surface area (TPSA) is 83.6 Å². The number of fused-ring (bicyclic) bond motifs is 1. The van der Waals surface area contributed by atoms with Gasteiger partial charge >= 0.3 is 5.97 Å². The highest BCUT2D eigenvalue weighted by Crippen LogP contribution is 2.43. The zero-order valence-corrected chi connectivity index (χ0v) is 10.2. The van der Waals surface area contributed by atoms with E-state index in [-0.39, 0.29) is 17.9 Å². The number of nitrogens with two attached hydrogens (primary N) is 1. The summed E-state index contributed by atoms with van der Waals surface area (Å²) in [5, 5.41) is 9.32. The Hall–Kier alpha value is -1.10. The standard InChI is InChI=1S/C12H20N2O3/c1-2-10(15)14-9-6-4-3-5-8(9)7-12(14,13)11(16)17/h8-9H,2-7,13H2,1H3,(H,16,17). The molecule has 2 fully saturated rings. The molecule has 1 saturated carbocycles. The molecule has 0 aromatic rings. The average Bonchev–Trinajstić information content (AvgIpc) is 2.61. The summed E-state index contributed by atoms with van der Waals surface area (Å²) in [5.41, 5.74) is 4.51. The lowest BCUT2D eigenvalue weighted by Crippen LogP contribution is -2.61. The van der Waals surface area contributed by atoms with Crippen LogP contribution in [0.25, 0.3) is 0 Å². The number of carbonyl (C=O) groups is 2. The maximum absolute atomic E-state index is 12.0. The van der Waals surface area contributed by atoms with E-state index in [2.05, 4.69) is 0 Å². The largest absolute Gasteiger partial charge is 0.478 e. The van der Waals surface area contributed by atoms with Gasteiger partial charge < -0.3 is 10.0 Å². The Bertz CT molecular complexity index is 345. The van der Waals surface area contributed by atoms with Gasteiger partial charge in [0.15, 0.2) is 5.66 Å². The predicted molar refractivity (Wildman–Crippen MR) is 62.1 cm³/mol. The number of amides is 1. The van der Waals surface area contributed by atoms with Crippen LogP contribution in [-0.4, -0.2) is 33.6 Å². The van der Waals surface area contributed by atoms with Crippen molar-refractivity contribution in [1.82, 2.24) is 4.90 Å². The summed E-state index contributed by atoms with van der Waals surface area (Å²) >= 11 is 0. The van der Waals surface area contributed by atoms with Crippen LogP contribution in [0.4, 0.5) is 0 Å². The number of nitrogens with zero attached hydrogens (tertiary/aromatic N) is 1. The molecule has 3 unspecified atom stereocenters. The van der Waals surface area contributed by atoms with Crippen molar-refractivity contribution in [3.05, 3.63) is 0 Å². The molecule has 1 heterocycles. The number of carbonyl (C=O) groups excluding carboxylic acids is 1. The Labute approximate surface area is 101 Å². The van der Waals surface area contributed by atoms with Crippen molar-refractivity contribution in [2.24, 2.45) is 11.7 Å². The first kappa shape index (κ1) is 12.4. The molecule has 5 heteroatoms. The first-order chi connectivity index (χ1) is 8.00. The predicted octanol–water partition coefficient (Wildman–Crippen LogP) is 0.927. The molecule has 2 aliphatic rings. The maximum atomic E-state index is 12.0. The third-order valence-electron chi connectivity index (χ3n) is 4.15. The van der Waals surface area contributed by atoms with E-state index in [1.165, 1.54) is 4.90 Å². The number of aliphatic carboxylic acids is 1. The van der Waals surface area contributed by atoms with E-state index < -0.39 is 11.6 Å². The molecule has 0 aromatic carbocycles. The second-order valence-corrected chi connectivity index (χ2v) is 5.16.